The van der Waals surface area contributed by atoms with Gasteiger partial charge in [-0.25, -0.2) is 9.48 Å². The monoisotopic (exact) mass is 466 g/mol. The van der Waals surface area contributed by atoms with Crippen LogP contribution < -0.4 is 5.69 Å². The van der Waals surface area contributed by atoms with E-state index in [0.717, 1.165) is 11.7 Å². The van der Waals surface area contributed by atoms with Crippen molar-refractivity contribution in [2.45, 2.75) is 25.1 Å². The van der Waals surface area contributed by atoms with Gasteiger partial charge in [0.25, 0.3) is 5.91 Å². The standard InChI is InChI=1S/C16H15BrClF3N4O2/c1-23-14(16(19,20)21)22-25(15(23)27)10-4-6-24(7-5-10)13(26)11-8-9(17)2-3-12(11)18/h2-3,8,10H,4-7H2,1H3. The summed E-state index contributed by atoms with van der Waals surface area (Å²) in [5, 5.41) is 3.79. The van der Waals surface area contributed by atoms with Crippen molar-refractivity contribution >= 4 is 33.4 Å². The van der Waals surface area contributed by atoms with E-state index in [4.69, 9.17) is 11.6 Å². The van der Waals surface area contributed by atoms with Gasteiger partial charge in [0, 0.05) is 24.6 Å². The van der Waals surface area contributed by atoms with Gasteiger partial charge in [-0.1, -0.05) is 27.5 Å². The number of carbonyl (C=O) groups is 1. The van der Waals surface area contributed by atoms with Gasteiger partial charge in [0.1, 0.15) is 0 Å². The molecule has 1 amide bonds. The van der Waals surface area contributed by atoms with E-state index in [0.29, 0.717) is 32.5 Å². The Hall–Kier alpha value is -1.81. The van der Waals surface area contributed by atoms with E-state index in [-0.39, 0.29) is 19.0 Å². The lowest BCUT2D eigenvalue weighted by Gasteiger charge is -2.31. The zero-order chi connectivity index (χ0) is 19.9. The first-order valence-corrected chi connectivity index (χ1v) is 9.23. The number of carbonyl (C=O) groups excluding carboxylic acids is 1. The van der Waals surface area contributed by atoms with Crippen molar-refractivity contribution in [3.05, 3.63) is 49.6 Å². The molecule has 146 valence electrons. The van der Waals surface area contributed by atoms with Gasteiger partial charge in [-0.05, 0) is 31.0 Å². The van der Waals surface area contributed by atoms with Gasteiger partial charge in [0.15, 0.2) is 0 Å². The van der Waals surface area contributed by atoms with Gasteiger partial charge in [-0.15, -0.1) is 5.10 Å². The minimum Gasteiger partial charge on any atom is -0.338 e. The van der Waals surface area contributed by atoms with Crippen molar-refractivity contribution in [3.63, 3.8) is 0 Å². The second kappa shape index (κ2) is 7.31. The fraction of sp³-hybridized carbons (Fsp3) is 0.438. The summed E-state index contributed by atoms with van der Waals surface area (Å²) in [7, 11) is 1.04. The van der Waals surface area contributed by atoms with Gasteiger partial charge in [0.2, 0.25) is 5.82 Å². The highest BCUT2D eigenvalue weighted by atomic mass is 79.9. The third kappa shape index (κ3) is 3.91. The van der Waals surface area contributed by atoms with Crippen LogP contribution in [0.25, 0.3) is 0 Å². The second-order valence-electron chi connectivity index (χ2n) is 6.26. The lowest BCUT2D eigenvalue weighted by Crippen LogP contribution is -2.41. The molecule has 11 heteroatoms. The van der Waals surface area contributed by atoms with Crippen LogP contribution >= 0.6 is 27.5 Å². The van der Waals surface area contributed by atoms with Crippen molar-refractivity contribution in [2.24, 2.45) is 7.05 Å². The van der Waals surface area contributed by atoms with Crippen LogP contribution in [0.2, 0.25) is 5.02 Å². The molecule has 0 bridgehead atoms. The Balaban J connectivity index is 1.75. The molecular weight excluding hydrogens is 453 g/mol. The molecule has 1 fully saturated rings. The number of amides is 1. The summed E-state index contributed by atoms with van der Waals surface area (Å²) in [6.45, 7) is 0.577. The summed E-state index contributed by atoms with van der Waals surface area (Å²) >= 11 is 9.38. The average molecular weight is 468 g/mol. The fourth-order valence-electron chi connectivity index (χ4n) is 3.09. The molecule has 0 N–H and O–H groups in total. The highest BCUT2D eigenvalue weighted by Crippen LogP contribution is 2.29. The maximum atomic E-state index is 12.9. The molecule has 6 nitrogen and oxygen atoms in total. The van der Waals surface area contributed by atoms with E-state index in [1.807, 2.05) is 0 Å². The average Bonchev–Trinajstić information content (AvgIpc) is 2.92. The number of halogens is 5. The quantitative estimate of drug-likeness (QED) is 0.679. The topological polar surface area (TPSA) is 60.1 Å². The molecule has 0 radical (unpaired) electrons. The molecule has 0 unspecified atom stereocenters. The zero-order valence-electron chi connectivity index (χ0n) is 14.1. The fourth-order valence-corrected chi connectivity index (χ4v) is 3.65. The molecule has 0 atom stereocenters. The van der Waals surface area contributed by atoms with E-state index in [2.05, 4.69) is 21.0 Å². The van der Waals surface area contributed by atoms with Crippen LogP contribution in [0.4, 0.5) is 13.2 Å². The predicted octanol–water partition coefficient (Wildman–Crippen LogP) is 3.49. The Bertz CT molecular complexity index is 933. The maximum absolute atomic E-state index is 12.9. The molecule has 1 aliphatic rings. The molecule has 2 heterocycles. The number of hydrogen-bond acceptors (Lipinski definition) is 3. The van der Waals surface area contributed by atoms with Gasteiger partial charge in [-0.2, -0.15) is 13.2 Å². The van der Waals surface area contributed by atoms with Crippen molar-refractivity contribution in [1.29, 1.82) is 0 Å². The van der Waals surface area contributed by atoms with Crippen molar-refractivity contribution in [3.8, 4) is 0 Å². The Kier molecular flexibility index (Phi) is 5.40. The molecular formula is C16H15BrClF3N4O2. The molecule has 0 aliphatic carbocycles. The van der Waals surface area contributed by atoms with E-state index < -0.39 is 23.7 Å². The number of hydrogen-bond donors (Lipinski definition) is 0. The molecule has 1 aliphatic heterocycles. The highest BCUT2D eigenvalue weighted by molar-refractivity contribution is 9.10. The first-order valence-electron chi connectivity index (χ1n) is 8.06. The molecule has 27 heavy (non-hydrogen) atoms. The van der Waals surface area contributed by atoms with Gasteiger partial charge >= 0.3 is 11.9 Å². The van der Waals surface area contributed by atoms with Crippen molar-refractivity contribution in [1.82, 2.24) is 19.2 Å². The number of benzene rings is 1. The Morgan fingerprint density at radius 1 is 1.30 bits per heavy atom. The first kappa shape index (κ1) is 19.9. The minimum absolute atomic E-state index is 0.260. The molecule has 3 rings (SSSR count). The first-order chi connectivity index (χ1) is 12.6. The van der Waals surface area contributed by atoms with E-state index in [1.54, 1.807) is 23.1 Å². The van der Waals surface area contributed by atoms with E-state index >= 15 is 0 Å². The molecule has 1 aromatic heterocycles. The molecule has 1 saturated heterocycles. The summed E-state index contributed by atoms with van der Waals surface area (Å²) in [4.78, 5) is 26.3. The molecule has 0 saturated carbocycles. The van der Waals surface area contributed by atoms with Crippen LogP contribution in [-0.4, -0.2) is 38.2 Å². The number of alkyl halides is 3. The summed E-state index contributed by atoms with van der Waals surface area (Å²) < 4.78 is 40.9. The molecule has 1 aromatic carbocycles. The van der Waals surface area contributed by atoms with Crippen LogP contribution in [0.15, 0.2) is 27.5 Å². The third-order valence-corrected chi connectivity index (χ3v) is 5.34. The normalized spacial score (nSPS) is 16.0. The number of likely N-dealkylation sites (tertiary alicyclic amines) is 1. The Morgan fingerprint density at radius 3 is 2.48 bits per heavy atom. The van der Waals surface area contributed by atoms with Crippen LogP contribution in [0.1, 0.15) is 35.1 Å². The number of nitrogens with zero attached hydrogens (tertiary/aromatic N) is 4. The Morgan fingerprint density at radius 2 is 1.93 bits per heavy atom. The lowest BCUT2D eigenvalue weighted by molar-refractivity contribution is -0.147. The van der Waals surface area contributed by atoms with E-state index in [9.17, 15) is 22.8 Å². The van der Waals surface area contributed by atoms with E-state index in [1.165, 1.54) is 0 Å². The van der Waals surface area contributed by atoms with Gasteiger partial charge in [0.05, 0.1) is 16.6 Å². The number of rotatable bonds is 2. The summed E-state index contributed by atoms with van der Waals surface area (Å²) in [5.41, 5.74) is -0.471. The van der Waals surface area contributed by atoms with Crippen LogP contribution in [0.3, 0.4) is 0 Å². The smallest absolute Gasteiger partial charge is 0.338 e. The summed E-state index contributed by atoms with van der Waals surface area (Å²) in [6.07, 6.45) is -4.05. The maximum Gasteiger partial charge on any atom is 0.451 e. The number of aromatic nitrogens is 3. The second-order valence-corrected chi connectivity index (χ2v) is 7.58. The van der Waals surface area contributed by atoms with Crippen LogP contribution in [-0.2, 0) is 13.2 Å². The summed E-state index contributed by atoms with van der Waals surface area (Å²) in [6, 6.07) is 4.45. The predicted molar refractivity (Wildman–Crippen MR) is 95.8 cm³/mol. The Labute approximate surface area is 165 Å². The minimum atomic E-state index is -4.70. The van der Waals surface area contributed by atoms with Crippen LogP contribution in [0, 0.1) is 0 Å². The highest BCUT2D eigenvalue weighted by Gasteiger charge is 2.39. The van der Waals surface area contributed by atoms with Crippen molar-refractivity contribution in [2.75, 3.05) is 13.1 Å². The summed E-state index contributed by atoms with van der Waals surface area (Å²) in [5.74, 6) is -1.49. The van der Waals surface area contributed by atoms with Gasteiger partial charge < -0.3 is 4.90 Å². The number of piperidine rings is 1. The third-order valence-electron chi connectivity index (χ3n) is 4.51. The van der Waals surface area contributed by atoms with Crippen molar-refractivity contribution < 1.29 is 18.0 Å². The molecule has 2 aromatic rings. The lowest BCUT2D eigenvalue weighted by atomic mass is 10.0. The SMILES string of the molecule is Cn1c(C(F)(F)F)nn(C2CCN(C(=O)c3cc(Br)ccc3Cl)CC2)c1=O. The zero-order valence-corrected chi connectivity index (χ0v) is 16.5. The molecule has 0 spiro atoms. The largest absolute Gasteiger partial charge is 0.451 e. The van der Waals surface area contributed by atoms with Crippen LogP contribution in [0.5, 0.6) is 0 Å². The van der Waals surface area contributed by atoms with Gasteiger partial charge in [-0.3, -0.25) is 9.36 Å².